The molecule has 0 bridgehead atoms. The highest BCUT2D eigenvalue weighted by Gasteiger charge is 2.13. The third-order valence-corrected chi connectivity index (χ3v) is 2.33. The summed E-state index contributed by atoms with van der Waals surface area (Å²) in [4.78, 5) is 0. The summed E-state index contributed by atoms with van der Waals surface area (Å²) in [5.41, 5.74) is 6.25. The van der Waals surface area contributed by atoms with Crippen molar-refractivity contribution in [2.45, 2.75) is 0 Å². The van der Waals surface area contributed by atoms with E-state index < -0.39 is 5.82 Å². The molecular formula is C10H12FN5. The molecule has 0 saturated carbocycles. The minimum absolute atomic E-state index is 0.380. The topological polar surface area (TPSA) is 68.8 Å². The summed E-state index contributed by atoms with van der Waals surface area (Å²) in [5.74, 6) is 0.631. The molecule has 0 spiro atoms. The number of hydrogen-bond acceptors (Lipinski definition) is 4. The van der Waals surface area contributed by atoms with Crippen molar-refractivity contribution in [3.8, 4) is 11.4 Å². The van der Waals surface area contributed by atoms with Gasteiger partial charge >= 0.3 is 0 Å². The quantitative estimate of drug-likeness (QED) is 0.749. The van der Waals surface area contributed by atoms with E-state index in [1.807, 2.05) is 0 Å². The Balaban J connectivity index is 2.54. The van der Waals surface area contributed by atoms with Crippen LogP contribution in [-0.4, -0.2) is 21.8 Å². The van der Waals surface area contributed by atoms with Gasteiger partial charge in [-0.15, -0.1) is 10.2 Å². The molecule has 0 atom stereocenters. The van der Waals surface area contributed by atoms with Crippen molar-refractivity contribution in [2.75, 3.05) is 18.1 Å². The van der Waals surface area contributed by atoms with E-state index in [9.17, 15) is 4.39 Å². The van der Waals surface area contributed by atoms with Crippen molar-refractivity contribution >= 4 is 11.6 Å². The number of hydrogen-bond donors (Lipinski definition) is 2. The number of nitrogens with one attached hydrogen (secondary N) is 1. The van der Waals surface area contributed by atoms with Crippen LogP contribution < -0.4 is 11.1 Å². The Hall–Kier alpha value is -2.11. The Morgan fingerprint density at radius 3 is 2.69 bits per heavy atom. The first-order chi connectivity index (χ1) is 7.63. The van der Waals surface area contributed by atoms with E-state index in [2.05, 4.69) is 15.5 Å². The molecule has 0 unspecified atom stereocenters. The molecule has 2 aromatic rings. The zero-order valence-electron chi connectivity index (χ0n) is 9.03. The Bertz CT molecular complexity index is 520. The third kappa shape index (κ3) is 1.58. The standard InChI is InChI=1S/C10H12FN5/c1-13-10-15-14-9(16(10)2)7-4-3-6(12)5-8(7)11/h3-5H,12H2,1-2H3,(H,13,15). The van der Waals surface area contributed by atoms with Crippen LogP contribution in [0.15, 0.2) is 18.2 Å². The van der Waals surface area contributed by atoms with Crippen LogP contribution in [0.4, 0.5) is 16.0 Å². The number of benzene rings is 1. The fourth-order valence-corrected chi connectivity index (χ4v) is 1.49. The first-order valence-electron chi connectivity index (χ1n) is 4.76. The lowest BCUT2D eigenvalue weighted by molar-refractivity contribution is 0.629. The highest BCUT2D eigenvalue weighted by Crippen LogP contribution is 2.23. The van der Waals surface area contributed by atoms with E-state index in [4.69, 9.17) is 5.73 Å². The minimum atomic E-state index is -0.404. The number of anilines is 2. The van der Waals surface area contributed by atoms with E-state index in [1.165, 1.54) is 6.07 Å². The zero-order chi connectivity index (χ0) is 11.7. The van der Waals surface area contributed by atoms with E-state index in [0.29, 0.717) is 23.0 Å². The molecule has 6 heteroatoms. The highest BCUT2D eigenvalue weighted by molar-refractivity contribution is 5.61. The molecule has 16 heavy (non-hydrogen) atoms. The van der Waals surface area contributed by atoms with Crippen molar-refractivity contribution in [3.63, 3.8) is 0 Å². The van der Waals surface area contributed by atoms with Gasteiger partial charge < -0.3 is 11.1 Å². The summed E-state index contributed by atoms with van der Waals surface area (Å²) in [6, 6.07) is 4.49. The van der Waals surface area contributed by atoms with Gasteiger partial charge in [0.05, 0.1) is 5.56 Å². The Morgan fingerprint density at radius 1 is 1.38 bits per heavy atom. The van der Waals surface area contributed by atoms with Gasteiger partial charge in [-0.2, -0.15) is 0 Å². The van der Waals surface area contributed by atoms with Crippen LogP contribution in [0.5, 0.6) is 0 Å². The molecule has 0 aliphatic carbocycles. The van der Waals surface area contributed by atoms with Crippen LogP contribution >= 0.6 is 0 Å². The molecule has 2 rings (SSSR count). The summed E-state index contributed by atoms with van der Waals surface area (Å²) in [5, 5.41) is 10.7. The van der Waals surface area contributed by atoms with Gasteiger partial charge in [0.15, 0.2) is 5.82 Å². The Labute approximate surface area is 92.1 Å². The number of nitrogen functional groups attached to an aromatic ring is 1. The van der Waals surface area contributed by atoms with Crippen LogP contribution in [0.25, 0.3) is 11.4 Å². The van der Waals surface area contributed by atoms with Crippen molar-refractivity contribution in [1.82, 2.24) is 14.8 Å². The predicted molar refractivity (Wildman–Crippen MR) is 60.4 cm³/mol. The van der Waals surface area contributed by atoms with E-state index in [1.54, 1.807) is 30.8 Å². The smallest absolute Gasteiger partial charge is 0.224 e. The van der Waals surface area contributed by atoms with Crippen molar-refractivity contribution in [3.05, 3.63) is 24.0 Å². The lowest BCUT2D eigenvalue weighted by Gasteiger charge is -2.04. The fourth-order valence-electron chi connectivity index (χ4n) is 1.49. The van der Waals surface area contributed by atoms with Gasteiger partial charge in [-0.25, -0.2) is 4.39 Å². The zero-order valence-corrected chi connectivity index (χ0v) is 9.03. The molecule has 3 N–H and O–H groups in total. The van der Waals surface area contributed by atoms with Gasteiger partial charge in [-0.1, -0.05) is 0 Å². The van der Waals surface area contributed by atoms with Crippen LogP contribution in [0.1, 0.15) is 0 Å². The summed E-state index contributed by atoms with van der Waals surface area (Å²) in [7, 11) is 3.49. The second-order valence-electron chi connectivity index (χ2n) is 3.40. The average Bonchev–Trinajstić information content (AvgIpc) is 2.60. The summed E-state index contributed by atoms with van der Waals surface area (Å²) in [6.07, 6.45) is 0. The maximum Gasteiger partial charge on any atom is 0.224 e. The van der Waals surface area contributed by atoms with E-state index in [0.717, 1.165) is 0 Å². The van der Waals surface area contributed by atoms with E-state index >= 15 is 0 Å². The van der Waals surface area contributed by atoms with Crippen LogP contribution in [0.2, 0.25) is 0 Å². The molecule has 1 heterocycles. The minimum Gasteiger partial charge on any atom is -0.399 e. The lowest BCUT2D eigenvalue weighted by atomic mass is 10.2. The molecule has 0 aliphatic heterocycles. The van der Waals surface area contributed by atoms with Crippen LogP contribution in [0, 0.1) is 5.82 Å². The predicted octanol–water partition coefficient (Wildman–Crippen LogP) is 1.25. The molecule has 0 amide bonds. The normalized spacial score (nSPS) is 10.4. The summed E-state index contributed by atoms with van der Waals surface area (Å²) in [6.45, 7) is 0. The largest absolute Gasteiger partial charge is 0.399 e. The third-order valence-electron chi connectivity index (χ3n) is 2.33. The molecule has 0 aliphatic rings. The first kappa shape index (κ1) is 10.4. The number of nitrogens with zero attached hydrogens (tertiary/aromatic N) is 3. The summed E-state index contributed by atoms with van der Waals surface area (Å²) < 4.78 is 15.3. The molecule has 0 saturated heterocycles. The number of rotatable bonds is 2. The molecular weight excluding hydrogens is 209 g/mol. The summed E-state index contributed by atoms with van der Waals surface area (Å²) >= 11 is 0. The maximum atomic E-state index is 13.6. The molecule has 0 radical (unpaired) electrons. The van der Waals surface area contributed by atoms with Crippen molar-refractivity contribution in [2.24, 2.45) is 7.05 Å². The van der Waals surface area contributed by atoms with Gasteiger partial charge in [0.1, 0.15) is 5.82 Å². The first-order valence-corrected chi connectivity index (χ1v) is 4.76. The second kappa shape index (κ2) is 3.80. The number of halogens is 1. The highest BCUT2D eigenvalue weighted by atomic mass is 19.1. The Morgan fingerprint density at radius 2 is 2.12 bits per heavy atom. The molecule has 0 fully saturated rings. The lowest BCUT2D eigenvalue weighted by Crippen LogP contribution is -2.00. The van der Waals surface area contributed by atoms with Crippen molar-refractivity contribution < 1.29 is 4.39 Å². The van der Waals surface area contributed by atoms with E-state index in [-0.39, 0.29) is 0 Å². The molecule has 5 nitrogen and oxygen atoms in total. The molecule has 1 aromatic heterocycles. The molecule has 84 valence electrons. The van der Waals surface area contributed by atoms with Gasteiger partial charge in [-0.05, 0) is 18.2 Å². The van der Waals surface area contributed by atoms with Crippen LogP contribution in [-0.2, 0) is 7.05 Å². The van der Waals surface area contributed by atoms with Crippen molar-refractivity contribution in [1.29, 1.82) is 0 Å². The Kier molecular flexibility index (Phi) is 2.47. The number of nitrogens with two attached hydrogens (primary N) is 1. The average molecular weight is 221 g/mol. The molecule has 1 aromatic carbocycles. The van der Waals surface area contributed by atoms with Gasteiger partial charge in [-0.3, -0.25) is 4.57 Å². The maximum absolute atomic E-state index is 13.6. The second-order valence-corrected chi connectivity index (χ2v) is 3.40. The van der Waals surface area contributed by atoms with Crippen LogP contribution in [0.3, 0.4) is 0 Å². The van der Waals surface area contributed by atoms with Gasteiger partial charge in [0.2, 0.25) is 5.95 Å². The SMILES string of the molecule is CNc1nnc(-c2ccc(N)cc2F)n1C. The van der Waals surface area contributed by atoms with Gasteiger partial charge in [0.25, 0.3) is 0 Å². The number of aromatic nitrogens is 3. The van der Waals surface area contributed by atoms with Gasteiger partial charge in [0, 0.05) is 19.8 Å². The fraction of sp³-hybridized carbons (Fsp3) is 0.200. The monoisotopic (exact) mass is 221 g/mol.